The molecule has 0 unspecified atom stereocenters. The highest BCUT2D eigenvalue weighted by Crippen LogP contribution is 2.46. The fraction of sp³-hybridized carbons (Fsp3) is 0.100. The molecule has 0 saturated heterocycles. The Balaban J connectivity index is 1.77. The molecule has 2 heteroatoms. The second-order valence-electron chi connectivity index (χ2n) is 8.39. The lowest BCUT2D eigenvalue weighted by atomic mass is 9.88. The molecule has 0 saturated carbocycles. The molecule has 1 heterocycles. The average molecular weight is 430 g/mol. The van der Waals surface area contributed by atoms with E-state index in [4.69, 9.17) is 4.98 Å². The SMILES string of the molecule is Cc1ccc(Sc2c3ccccc3c(C3=CC=CCC3)c3cnc4ccccc4c23)cc1. The van der Waals surface area contributed by atoms with E-state index in [2.05, 4.69) is 104 Å². The highest BCUT2D eigenvalue weighted by molar-refractivity contribution is 7.99. The van der Waals surface area contributed by atoms with Gasteiger partial charge in [0.05, 0.1) is 5.52 Å². The van der Waals surface area contributed by atoms with E-state index in [9.17, 15) is 0 Å². The summed E-state index contributed by atoms with van der Waals surface area (Å²) in [7, 11) is 0. The fourth-order valence-corrected chi connectivity index (χ4v) is 5.86. The van der Waals surface area contributed by atoms with Gasteiger partial charge in [0.1, 0.15) is 0 Å². The van der Waals surface area contributed by atoms with Crippen molar-refractivity contribution in [2.75, 3.05) is 0 Å². The van der Waals surface area contributed by atoms with Crippen LogP contribution in [0.3, 0.4) is 0 Å². The number of hydrogen-bond donors (Lipinski definition) is 0. The molecule has 1 aliphatic carbocycles. The van der Waals surface area contributed by atoms with Crippen molar-refractivity contribution < 1.29 is 0 Å². The van der Waals surface area contributed by atoms with Crippen molar-refractivity contribution in [2.45, 2.75) is 29.6 Å². The van der Waals surface area contributed by atoms with Gasteiger partial charge in [-0.3, -0.25) is 4.98 Å². The minimum Gasteiger partial charge on any atom is -0.256 e. The lowest BCUT2D eigenvalue weighted by Crippen LogP contribution is -1.96. The lowest BCUT2D eigenvalue weighted by Gasteiger charge is -2.20. The van der Waals surface area contributed by atoms with E-state index in [-0.39, 0.29) is 0 Å². The molecule has 154 valence electrons. The third-order valence-electron chi connectivity index (χ3n) is 6.29. The Morgan fingerprint density at radius 2 is 1.53 bits per heavy atom. The number of para-hydroxylation sites is 1. The van der Waals surface area contributed by atoms with Crippen molar-refractivity contribution in [3.05, 3.63) is 108 Å². The molecule has 1 nitrogen and oxygen atoms in total. The number of aryl methyl sites for hydroxylation is 1. The first-order valence-electron chi connectivity index (χ1n) is 11.1. The maximum Gasteiger partial charge on any atom is 0.0708 e. The topological polar surface area (TPSA) is 12.9 Å². The van der Waals surface area contributed by atoms with Crippen LogP contribution in [0.5, 0.6) is 0 Å². The van der Waals surface area contributed by atoms with E-state index < -0.39 is 0 Å². The summed E-state index contributed by atoms with van der Waals surface area (Å²) < 4.78 is 0. The molecule has 0 atom stereocenters. The number of rotatable bonds is 3. The second kappa shape index (κ2) is 7.96. The zero-order valence-corrected chi connectivity index (χ0v) is 18.8. The largest absolute Gasteiger partial charge is 0.256 e. The minimum atomic E-state index is 1.05. The number of pyridine rings is 1. The molecule has 1 aromatic heterocycles. The van der Waals surface area contributed by atoms with Crippen LogP contribution in [0.15, 0.2) is 107 Å². The molecule has 0 bridgehead atoms. The Bertz CT molecular complexity index is 1540. The Hall–Kier alpha value is -3.36. The van der Waals surface area contributed by atoms with Gasteiger partial charge in [0.2, 0.25) is 0 Å². The van der Waals surface area contributed by atoms with Crippen LogP contribution >= 0.6 is 11.8 Å². The first-order valence-corrected chi connectivity index (χ1v) is 11.9. The quantitative estimate of drug-likeness (QED) is 0.210. The number of aromatic nitrogens is 1. The van der Waals surface area contributed by atoms with E-state index in [1.165, 1.54) is 53.4 Å². The average Bonchev–Trinajstić information content (AvgIpc) is 2.85. The summed E-state index contributed by atoms with van der Waals surface area (Å²) in [6.45, 7) is 2.14. The van der Waals surface area contributed by atoms with Crippen LogP contribution < -0.4 is 0 Å². The van der Waals surface area contributed by atoms with Crippen LogP contribution in [0.25, 0.3) is 38.0 Å². The van der Waals surface area contributed by atoms with Crippen LogP contribution in [0.2, 0.25) is 0 Å². The van der Waals surface area contributed by atoms with Crippen molar-refractivity contribution in [1.82, 2.24) is 4.98 Å². The molecule has 0 aliphatic heterocycles. The van der Waals surface area contributed by atoms with Crippen LogP contribution in [0, 0.1) is 6.92 Å². The molecule has 5 aromatic rings. The predicted octanol–water partition coefficient (Wildman–Crippen LogP) is 8.73. The Morgan fingerprint density at radius 3 is 2.31 bits per heavy atom. The van der Waals surface area contributed by atoms with Crippen molar-refractivity contribution in [3.63, 3.8) is 0 Å². The molecule has 0 radical (unpaired) electrons. The third kappa shape index (κ3) is 3.23. The lowest BCUT2D eigenvalue weighted by molar-refractivity contribution is 1.06. The summed E-state index contributed by atoms with van der Waals surface area (Å²) in [6.07, 6.45) is 11.0. The van der Waals surface area contributed by atoms with Gasteiger partial charge >= 0.3 is 0 Å². The van der Waals surface area contributed by atoms with Crippen LogP contribution in [0.1, 0.15) is 24.0 Å². The van der Waals surface area contributed by atoms with Gasteiger partial charge < -0.3 is 0 Å². The summed E-state index contributed by atoms with van der Waals surface area (Å²) in [6, 6.07) is 26.3. The minimum absolute atomic E-state index is 1.05. The summed E-state index contributed by atoms with van der Waals surface area (Å²) in [5.74, 6) is 0. The maximum atomic E-state index is 4.88. The van der Waals surface area contributed by atoms with Crippen molar-refractivity contribution in [3.8, 4) is 0 Å². The first-order chi connectivity index (χ1) is 15.8. The zero-order chi connectivity index (χ0) is 21.5. The van der Waals surface area contributed by atoms with Gasteiger partial charge in [-0.1, -0.05) is 90.2 Å². The van der Waals surface area contributed by atoms with E-state index in [0.717, 1.165) is 18.4 Å². The molecule has 32 heavy (non-hydrogen) atoms. The Morgan fingerprint density at radius 1 is 0.781 bits per heavy atom. The van der Waals surface area contributed by atoms with E-state index >= 15 is 0 Å². The molecule has 6 rings (SSSR count). The summed E-state index contributed by atoms with van der Waals surface area (Å²) in [4.78, 5) is 7.45. The predicted molar refractivity (Wildman–Crippen MR) is 138 cm³/mol. The molecular weight excluding hydrogens is 406 g/mol. The van der Waals surface area contributed by atoms with Crippen LogP contribution in [-0.4, -0.2) is 4.98 Å². The van der Waals surface area contributed by atoms with Crippen molar-refractivity contribution in [1.29, 1.82) is 0 Å². The van der Waals surface area contributed by atoms with E-state index in [1.807, 2.05) is 11.8 Å². The molecule has 1 aliphatic rings. The van der Waals surface area contributed by atoms with Gasteiger partial charge in [0, 0.05) is 32.1 Å². The molecule has 0 fully saturated rings. The standard InChI is InChI=1S/C30H23NS/c1-20-15-17-22(18-16-20)32-30-24-12-6-5-11-23(24)28(21-9-3-2-4-10-21)26-19-31-27-14-8-7-13-25(27)29(26)30/h2-3,5-9,11-19H,4,10H2,1H3. The number of benzene rings is 4. The smallest absolute Gasteiger partial charge is 0.0708 e. The monoisotopic (exact) mass is 429 g/mol. The number of fused-ring (bicyclic) bond motifs is 4. The molecular formula is C30H23NS. The van der Waals surface area contributed by atoms with Crippen molar-refractivity contribution >= 4 is 49.8 Å². The Kier molecular flexibility index (Phi) is 4.81. The van der Waals surface area contributed by atoms with Gasteiger partial charge in [0.15, 0.2) is 0 Å². The van der Waals surface area contributed by atoms with Gasteiger partial charge in [-0.25, -0.2) is 0 Å². The molecule has 0 amide bonds. The zero-order valence-electron chi connectivity index (χ0n) is 18.0. The number of nitrogens with zero attached hydrogens (tertiary/aromatic N) is 1. The maximum absolute atomic E-state index is 4.88. The molecule has 4 aromatic carbocycles. The van der Waals surface area contributed by atoms with Crippen LogP contribution in [-0.2, 0) is 0 Å². The van der Waals surface area contributed by atoms with Gasteiger partial charge in [-0.2, -0.15) is 0 Å². The fourth-order valence-electron chi connectivity index (χ4n) is 4.74. The number of allylic oxidation sites excluding steroid dienone is 4. The Labute approximate surface area is 192 Å². The highest BCUT2D eigenvalue weighted by atomic mass is 32.2. The first kappa shape index (κ1) is 19.3. The normalized spacial score (nSPS) is 13.7. The highest BCUT2D eigenvalue weighted by Gasteiger charge is 2.19. The number of hydrogen-bond acceptors (Lipinski definition) is 2. The molecule has 0 spiro atoms. The van der Waals surface area contributed by atoms with Gasteiger partial charge in [-0.15, -0.1) is 0 Å². The van der Waals surface area contributed by atoms with Crippen LogP contribution in [0.4, 0.5) is 0 Å². The van der Waals surface area contributed by atoms with Crippen molar-refractivity contribution in [2.24, 2.45) is 0 Å². The summed E-state index contributed by atoms with van der Waals surface area (Å²) in [5.41, 5.74) is 5.07. The molecule has 0 N–H and O–H groups in total. The summed E-state index contributed by atoms with van der Waals surface area (Å²) >= 11 is 1.86. The van der Waals surface area contributed by atoms with Gasteiger partial charge in [-0.05, 0) is 59.9 Å². The summed E-state index contributed by atoms with van der Waals surface area (Å²) in [5, 5.41) is 6.41. The van der Waals surface area contributed by atoms with E-state index in [0.29, 0.717) is 0 Å². The second-order valence-corrected chi connectivity index (χ2v) is 9.47. The third-order valence-corrected chi connectivity index (χ3v) is 7.42. The van der Waals surface area contributed by atoms with Gasteiger partial charge in [0.25, 0.3) is 0 Å². The van der Waals surface area contributed by atoms with E-state index in [1.54, 1.807) is 0 Å².